The van der Waals surface area contributed by atoms with Gasteiger partial charge in [0, 0.05) is 19.2 Å². The number of carbonyl (C=O) groups excluding carboxylic acids is 2. The van der Waals surface area contributed by atoms with Gasteiger partial charge in [-0.3, -0.25) is 14.9 Å². The second kappa shape index (κ2) is 7.66. The predicted octanol–water partition coefficient (Wildman–Crippen LogP) is 0.593. The van der Waals surface area contributed by atoms with Crippen LogP contribution in [0.5, 0.6) is 0 Å². The molecule has 1 aliphatic rings. The largest absolute Gasteiger partial charge is 0.451 e. The summed E-state index contributed by atoms with van der Waals surface area (Å²) in [4.78, 5) is 34.4. The lowest BCUT2D eigenvalue weighted by molar-refractivity contribution is -0.384. The van der Waals surface area contributed by atoms with Crippen LogP contribution in [0.4, 0.5) is 11.5 Å². The summed E-state index contributed by atoms with van der Waals surface area (Å²) in [6.45, 7) is 1.09. The van der Waals surface area contributed by atoms with Crippen LogP contribution in [-0.2, 0) is 26.4 Å². The molecule has 2 aromatic heterocycles. The number of nitrogens with one attached hydrogen (secondary N) is 1. The number of hydrogen-bond acceptors (Lipinski definition) is 8. The van der Waals surface area contributed by atoms with Gasteiger partial charge in [0.2, 0.25) is 0 Å². The quantitative estimate of drug-likeness (QED) is 0.400. The van der Waals surface area contributed by atoms with E-state index in [4.69, 9.17) is 4.74 Å². The number of sulfone groups is 1. The van der Waals surface area contributed by atoms with Crippen molar-refractivity contribution in [2.45, 2.75) is 19.4 Å². The number of carbonyl (C=O) groups is 2. The molecule has 1 N–H and O–H groups in total. The standard InChI is InChI=1S/C16H19N5O7S/c1-10-5-14(20(18-10)11-3-4-29(26,27)9-11)17-15(22)8-28-16(23)13-6-12(21(24)25)7-19(13)2/h5-7,11H,3-4,8-9H2,1-2H3,(H,17,22). The first-order chi connectivity index (χ1) is 13.6. The van der Waals surface area contributed by atoms with Gasteiger partial charge in [-0.05, 0) is 13.3 Å². The summed E-state index contributed by atoms with van der Waals surface area (Å²) in [5.74, 6) is -1.23. The summed E-state index contributed by atoms with van der Waals surface area (Å²) in [5, 5.41) is 17.6. The number of rotatable bonds is 6. The highest BCUT2D eigenvalue weighted by Crippen LogP contribution is 2.27. The number of amides is 1. The van der Waals surface area contributed by atoms with Crippen LogP contribution in [0, 0.1) is 17.0 Å². The predicted molar refractivity (Wildman–Crippen MR) is 100 cm³/mol. The summed E-state index contributed by atoms with van der Waals surface area (Å²) < 4.78 is 31.0. The summed E-state index contributed by atoms with van der Waals surface area (Å²) in [5.41, 5.74) is 0.258. The molecule has 0 radical (unpaired) electrons. The van der Waals surface area contributed by atoms with E-state index in [1.807, 2.05) is 0 Å². The van der Waals surface area contributed by atoms with Crippen LogP contribution in [0.15, 0.2) is 18.3 Å². The van der Waals surface area contributed by atoms with E-state index in [0.29, 0.717) is 17.9 Å². The van der Waals surface area contributed by atoms with Gasteiger partial charge in [0.1, 0.15) is 11.5 Å². The van der Waals surface area contributed by atoms with Crippen molar-refractivity contribution in [3.05, 3.63) is 39.8 Å². The van der Waals surface area contributed by atoms with Crippen molar-refractivity contribution in [3.8, 4) is 0 Å². The van der Waals surface area contributed by atoms with Crippen molar-refractivity contribution in [3.63, 3.8) is 0 Å². The van der Waals surface area contributed by atoms with E-state index in [-0.39, 0.29) is 28.9 Å². The Labute approximate surface area is 165 Å². The first-order valence-electron chi connectivity index (χ1n) is 8.60. The van der Waals surface area contributed by atoms with E-state index < -0.39 is 33.2 Å². The number of aryl methyl sites for hydroxylation is 2. The topological polar surface area (TPSA) is 155 Å². The molecule has 156 valence electrons. The molecule has 0 aromatic carbocycles. The molecule has 0 bridgehead atoms. The van der Waals surface area contributed by atoms with Crippen molar-refractivity contribution >= 4 is 33.2 Å². The fourth-order valence-electron chi connectivity index (χ4n) is 3.09. The lowest BCUT2D eigenvalue weighted by Crippen LogP contribution is -2.24. The fourth-order valence-corrected chi connectivity index (χ4v) is 4.78. The number of hydrogen-bond donors (Lipinski definition) is 1. The Morgan fingerprint density at radius 3 is 2.72 bits per heavy atom. The number of nitro groups is 1. The van der Waals surface area contributed by atoms with E-state index in [9.17, 15) is 28.1 Å². The molecular weight excluding hydrogens is 406 g/mol. The smallest absolute Gasteiger partial charge is 0.355 e. The van der Waals surface area contributed by atoms with E-state index >= 15 is 0 Å². The van der Waals surface area contributed by atoms with Crippen molar-refractivity contribution in [2.75, 3.05) is 23.4 Å². The van der Waals surface area contributed by atoms with Crippen molar-refractivity contribution < 1.29 is 27.7 Å². The number of esters is 1. The molecule has 1 fully saturated rings. The summed E-state index contributed by atoms with van der Waals surface area (Å²) >= 11 is 0. The molecule has 1 atom stereocenters. The second-order valence-corrected chi connectivity index (χ2v) is 8.98. The highest BCUT2D eigenvalue weighted by Gasteiger charge is 2.31. The zero-order valence-corrected chi connectivity index (χ0v) is 16.5. The maximum absolute atomic E-state index is 12.2. The number of nitrogens with zero attached hydrogens (tertiary/aromatic N) is 4. The van der Waals surface area contributed by atoms with Gasteiger partial charge in [-0.2, -0.15) is 5.10 Å². The van der Waals surface area contributed by atoms with Crippen molar-refractivity contribution in [1.29, 1.82) is 0 Å². The van der Waals surface area contributed by atoms with Gasteiger partial charge in [0.05, 0.1) is 34.4 Å². The zero-order valence-electron chi connectivity index (χ0n) is 15.7. The van der Waals surface area contributed by atoms with Crippen molar-refractivity contribution in [2.24, 2.45) is 7.05 Å². The van der Waals surface area contributed by atoms with E-state index in [0.717, 1.165) is 12.3 Å². The number of anilines is 1. The molecule has 0 saturated carbocycles. The van der Waals surface area contributed by atoms with E-state index in [2.05, 4.69) is 10.4 Å². The highest BCUT2D eigenvalue weighted by molar-refractivity contribution is 7.91. The molecular formula is C16H19N5O7S. The summed E-state index contributed by atoms with van der Waals surface area (Å²) in [6.07, 6.45) is 1.56. The van der Waals surface area contributed by atoms with Crippen LogP contribution in [-0.4, -0.2) is 57.7 Å². The minimum atomic E-state index is -3.13. The van der Waals surface area contributed by atoms with Gasteiger partial charge >= 0.3 is 5.97 Å². The first-order valence-corrected chi connectivity index (χ1v) is 10.4. The summed E-state index contributed by atoms with van der Waals surface area (Å²) in [7, 11) is -1.69. The van der Waals surface area contributed by atoms with E-state index in [1.54, 1.807) is 13.0 Å². The lowest BCUT2D eigenvalue weighted by Gasteiger charge is -2.13. The third-order valence-electron chi connectivity index (χ3n) is 4.42. The fraction of sp³-hybridized carbons (Fsp3) is 0.438. The average Bonchev–Trinajstić information content (AvgIpc) is 3.29. The molecule has 0 aliphatic carbocycles. The van der Waals surface area contributed by atoms with Crippen LogP contribution in [0.2, 0.25) is 0 Å². The highest BCUT2D eigenvalue weighted by atomic mass is 32.2. The minimum absolute atomic E-state index is 0.0573. The van der Waals surface area contributed by atoms with Gasteiger partial charge in [-0.15, -0.1) is 0 Å². The third kappa shape index (κ3) is 4.62. The van der Waals surface area contributed by atoms with Gasteiger partial charge in [0.15, 0.2) is 16.4 Å². The molecule has 13 heteroatoms. The Kier molecular flexibility index (Phi) is 5.42. The third-order valence-corrected chi connectivity index (χ3v) is 6.17. The molecule has 3 rings (SSSR count). The Morgan fingerprint density at radius 1 is 1.41 bits per heavy atom. The van der Waals surface area contributed by atoms with Crippen LogP contribution in [0.25, 0.3) is 0 Å². The van der Waals surface area contributed by atoms with Crippen LogP contribution >= 0.6 is 0 Å². The van der Waals surface area contributed by atoms with Crippen molar-refractivity contribution in [1.82, 2.24) is 14.3 Å². The molecule has 3 heterocycles. The lowest BCUT2D eigenvalue weighted by atomic mass is 10.3. The SMILES string of the molecule is Cc1cc(NC(=O)COC(=O)c2cc([N+](=O)[O-])cn2C)n(C2CCS(=O)(=O)C2)n1. The van der Waals surface area contributed by atoms with Gasteiger partial charge in [-0.1, -0.05) is 0 Å². The van der Waals surface area contributed by atoms with Crippen LogP contribution < -0.4 is 5.32 Å². The second-order valence-electron chi connectivity index (χ2n) is 6.75. The number of ether oxygens (including phenoxy) is 1. The molecule has 12 nitrogen and oxygen atoms in total. The van der Waals surface area contributed by atoms with Crippen LogP contribution in [0.3, 0.4) is 0 Å². The maximum Gasteiger partial charge on any atom is 0.355 e. The Balaban J connectivity index is 1.63. The Morgan fingerprint density at radius 2 is 2.14 bits per heavy atom. The van der Waals surface area contributed by atoms with E-state index in [1.165, 1.54) is 16.3 Å². The Bertz CT molecular complexity index is 1090. The molecule has 1 saturated heterocycles. The molecule has 2 aromatic rings. The zero-order chi connectivity index (χ0) is 21.3. The first kappa shape index (κ1) is 20.5. The average molecular weight is 425 g/mol. The Hall–Kier alpha value is -3.22. The van der Waals surface area contributed by atoms with Gasteiger partial charge in [0.25, 0.3) is 11.6 Å². The van der Waals surface area contributed by atoms with Gasteiger partial charge in [-0.25, -0.2) is 17.9 Å². The maximum atomic E-state index is 12.2. The molecule has 1 aliphatic heterocycles. The molecule has 0 spiro atoms. The monoisotopic (exact) mass is 425 g/mol. The molecule has 1 amide bonds. The molecule has 1 unspecified atom stereocenters. The normalized spacial score (nSPS) is 17.8. The molecule has 29 heavy (non-hydrogen) atoms. The minimum Gasteiger partial charge on any atom is -0.451 e. The summed E-state index contributed by atoms with van der Waals surface area (Å²) in [6, 6.07) is 2.26. The number of aromatic nitrogens is 3. The van der Waals surface area contributed by atoms with Gasteiger partial charge < -0.3 is 14.6 Å². The van der Waals surface area contributed by atoms with Crippen LogP contribution in [0.1, 0.15) is 28.6 Å².